The van der Waals surface area contributed by atoms with Gasteiger partial charge >= 0.3 is 0 Å². The SMILES string of the molecule is C=Cc1oc2cc(CN=C)ccc2c1/C=C\C.CC1=CC=CC(n2c3ccccc3c3cc(-c4ccc5c(c4)C4=C(CCC=C4)C5(C)C)ccc32)C1.NCc1ccc2c(c1)C=CCC2. The number of hydrogen-bond donors (Lipinski definition) is 1. The highest BCUT2D eigenvalue weighted by Crippen LogP contribution is 2.51. The van der Waals surface area contributed by atoms with E-state index in [0.29, 0.717) is 19.1 Å². The number of rotatable bonds is 7. The highest BCUT2D eigenvalue weighted by atomic mass is 16.3. The van der Waals surface area contributed by atoms with Crippen molar-refractivity contribution in [3.05, 3.63) is 202 Å². The minimum absolute atomic E-state index is 0.130. The number of nitrogens with zero attached hydrogens (tertiary/aromatic N) is 2. The lowest BCUT2D eigenvalue weighted by Gasteiger charge is -2.25. The number of para-hydroxylation sites is 1. The van der Waals surface area contributed by atoms with Gasteiger partial charge in [0.1, 0.15) is 11.3 Å². The first-order valence-electron chi connectivity index (χ1n) is 22.9. The first-order valence-corrected chi connectivity index (χ1v) is 22.9. The van der Waals surface area contributed by atoms with Crippen LogP contribution in [0.4, 0.5) is 0 Å². The van der Waals surface area contributed by atoms with E-state index < -0.39 is 0 Å². The summed E-state index contributed by atoms with van der Waals surface area (Å²) in [4.78, 5) is 3.87. The molecule has 0 radical (unpaired) electrons. The molecule has 0 aliphatic heterocycles. The van der Waals surface area contributed by atoms with Crippen molar-refractivity contribution in [1.29, 1.82) is 0 Å². The summed E-state index contributed by atoms with van der Waals surface area (Å²) in [7, 11) is 0. The molecule has 0 saturated carbocycles. The zero-order chi connectivity index (χ0) is 44.4. The second-order valence-corrected chi connectivity index (χ2v) is 18.0. The number of nitrogens with two attached hydrogens (primary N) is 1. The van der Waals surface area contributed by atoms with Crippen LogP contribution in [-0.2, 0) is 24.9 Å². The molecule has 320 valence electrons. The molecule has 5 aromatic carbocycles. The minimum Gasteiger partial charge on any atom is -0.456 e. The maximum Gasteiger partial charge on any atom is 0.135 e. The van der Waals surface area contributed by atoms with Crippen LogP contribution in [-0.4, -0.2) is 11.3 Å². The maximum absolute atomic E-state index is 5.76. The molecule has 2 aromatic heterocycles. The average molecular weight is 838 g/mol. The van der Waals surface area contributed by atoms with Crippen molar-refractivity contribution in [1.82, 2.24) is 4.57 Å². The van der Waals surface area contributed by atoms with E-state index in [1.54, 1.807) is 11.6 Å². The van der Waals surface area contributed by atoms with Crippen LogP contribution < -0.4 is 5.73 Å². The van der Waals surface area contributed by atoms with Gasteiger partial charge in [0, 0.05) is 44.7 Å². The van der Waals surface area contributed by atoms with Gasteiger partial charge in [-0.1, -0.05) is 153 Å². The number of allylic oxidation sites excluding steroid dienone is 10. The third-order valence-electron chi connectivity index (χ3n) is 13.5. The summed E-state index contributed by atoms with van der Waals surface area (Å²) in [6.07, 6.45) is 27.4. The Morgan fingerprint density at radius 3 is 2.44 bits per heavy atom. The van der Waals surface area contributed by atoms with Gasteiger partial charge in [-0.3, -0.25) is 4.99 Å². The summed E-state index contributed by atoms with van der Waals surface area (Å²) in [5.41, 5.74) is 25.4. The molecule has 0 amide bonds. The molecule has 11 rings (SSSR count). The summed E-state index contributed by atoms with van der Waals surface area (Å²) in [5, 5.41) is 3.79. The molecule has 0 bridgehead atoms. The molecule has 4 aliphatic carbocycles. The van der Waals surface area contributed by atoms with E-state index in [1.165, 1.54) is 91.2 Å². The third-order valence-corrected chi connectivity index (χ3v) is 13.5. The van der Waals surface area contributed by atoms with Crippen LogP contribution in [0, 0.1) is 0 Å². The van der Waals surface area contributed by atoms with E-state index in [9.17, 15) is 0 Å². The number of aliphatic imine (C=N–C) groups is 1. The zero-order valence-corrected chi connectivity index (χ0v) is 37.8. The van der Waals surface area contributed by atoms with Crippen molar-refractivity contribution in [2.45, 2.75) is 84.3 Å². The number of furan rings is 1. The highest BCUT2D eigenvalue weighted by Gasteiger charge is 2.37. The van der Waals surface area contributed by atoms with Crippen LogP contribution >= 0.6 is 0 Å². The van der Waals surface area contributed by atoms with E-state index in [2.05, 4.69) is 171 Å². The molecule has 4 aliphatic rings. The third kappa shape index (κ3) is 8.04. The Balaban J connectivity index is 0.000000147. The summed E-state index contributed by atoms with van der Waals surface area (Å²) < 4.78 is 8.29. The van der Waals surface area contributed by atoms with E-state index in [1.807, 2.05) is 31.2 Å². The molecular weight excluding hydrogens is 779 g/mol. The predicted octanol–water partition coefficient (Wildman–Crippen LogP) is 15.7. The highest BCUT2D eigenvalue weighted by molar-refractivity contribution is 6.09. The predicted molar refractivity (Wildman–Crippen MR) is 276 cm³/mol. The quantitative estimate of drug-likeness (QED) is 0.163. The van der Waals surface area contributed by atoms with Crippen molar-refractivity contribution in [2.24, 2.45) is 10.7 Å². The van der Waals surface area contributed by atoms with Gasteiger partial charge in [0.25, 0.3) is 0 Å². The number of aromatic nitrogens is 1. The number of aryl methyl sites for hydroxylation is 1. The summed E-state index contributed by atoms with van der Waals surface area (Å²) in [6.45, 7) is 17.5. The Kier molecular flexibility index (Phi) is 12.1. The molecule has 4 heteroatoms. The van der Waals surface area contributed by atoms with Crippen molar-refractivity contribution >= 4 is 63.3 Å². The molecule has 4 nitrogen and oxygen atoms in total. The molecular formula is C60H59N3O. The fourth-order valence-corrected chi connectivity index (χ4v) is 10.3. The Bertz CT molecular complexity index is 3130. The molecule has 1 atom stereocenters. The van der Waals surface area contributed by atoms with Crippen molar-refractivity contribution in [3.63, 3.8) is 0 Å². The Morgan fingerprint density at radius 1 is 0.844 bits per heavy atom. The molecule has 2 N–H and O–H groups in total. The van der Waals surface area contributed by atoms with Crippen LogP contribution in [0.15, 0.2) is 167 Å². The smallest absolute Gasteiger partial charge is 0.135 e. The lowest BCUT2D eigenvalue weighted by molar-refractivity contribution is 0.603. The van der Waals surface area contributed by atoms with Gasteiger partial charge in [-0.25, -0.2) is 0 Å². The number of fused-ring (bicyclic) bond motifs is 7. The van der Waals surface area contributed by atoms with Crippen LogP contribution in [0.5, 0.6) is 0 Å². The van der Waals surface area contributed by atoms with Gasteiger partial charge in [-0.15, -0.1) is 0 Å². The molecule has 0 spiro atoms. The maximum atomic E-state index is 5.76. The average Bonchev–Trinajstić information content (AvgIpc) is 3.93. The van der Waals surface area contributed by atoms with Gasteiger partial charge in [-0.05, 0) is 139 Å². The zero-order valence-electron chi connectivity index (χ0n) is 37.8. The summed E-state index contributed by atoms with van der Waals surface area (Å²) >= 11 is 0. The molecule has 64 heavy (non-hydrogen) atoms. The van der Waals surface area contributed by atoms with Gasteiger partial charge in [0.2, 0.25) is 0 Å². The van der Waals surface area contributed by atoms with Gasteiger partial charge in [0.15, 0.2) is 0 Å². The van der Waals surface area contributed by atoms with Crippen molar-refractivity contribution in [3.8, 4) is 11.1 Å². The first kappa shape index (κ1) is 42.5. The van der Waals surface area contributed by atoms with E-state index in [-0.39, 0.29) is 5.41 Å². The Labute approximate surface area is 378 Å². The van der Waals surface area contributed by atoms with Crippen LogP contribution in [0.3, 0.4) is 0 Å². The second-order valence-electron chi connectivity index (χ2n) is 18.0. The van der Waals surface area contributed by atoms with Gasteiger partial charge in [0.05, 0.1) is 12.6 Å². The van der Waals surface area contributed by atoms with Crippen molar-refractivity contribution in [2.75, 3.05) is 0 Å². The van der Waals surface area contributed by atoms with Crippen LogP contribution in [0.25, 0.3) is 67.7 Å². The monoisotopic (exact) mass is 837 g/mol. The minimum atomic E-state index is 0.130. The largest absolute Gasteiger partial charge is 0.456 e. The first-order chi connectivity index (χ1) is 31.2. The lowest BCUT2D eigenvalue weighted by atomic mass is 9.78. The van der Waals surface area contributed by atoms with Gasteiger partial charge in [-0.2, -0.15) is 0 Å². The molecule has 7 aromatic rings. The molecule has 2 heterocycles. The molecule has 0 saturated heterocycles. The number of benzene rings is 5. The van der Waals surface area contributed by atoms with E-state index >= 15 is 0 Å². The number of hydrogen-bond acceptors (Lipinski definition) is 3. The van der Waals surface area contributed by atoms with E-state index in [4.69, 9.17) is 10.2 Å². The van der Waals surface area contributed by atoms with Crippen LogP contribution in [0.1, 0.15) is 104 Å². The molecule has 1 unspecified atom stereocenters. The Morgan fingerprint density at radius 2 is 1.62 bits per heavy atom. The standard InChI is InChI=1S/C34H31N.C15H15NO.C11H13N/c1-22-9-8-10-25(19-22)35-32-14-7-5-12-27(32)29-21-24(16-18-33(29)35)23-15-17-31-28(20-23)26-11-4-6-13-30(26)34(31,2)3;1-4-6-12-13-8-7-11(10-16-3)9-15(13)17-14(12)5-2;12-8-9-5-6-10-3-1-2-4-11(10)7-9/h4-5,7-12,14-18,20-21,25H,6,13,19H2,1-3H3;4-9H,2-3,10H2,1H3;2,4-7H,1,3,8,12H2/b;6-4-;. The van der Waals surface area contributed by atoms with Crippen molar-refractivity contribution < 1.29 is 4.42 Å². The Hall–Kier alpha value is -6.75. The normalized spacial score (nSPS) is 16.8. The van der Waals surface area contributed by atoms with E-state index in [0.717, 1.165) is 40.7 Å². The topological polar surface area (TPSA) is 56.5 Å². The van der Waals surface area contributed by atoms with Crippen LogP contribution in [0.2, 0.25) is 0 Å². The van der Waals surface area contributed by atoms with Gasteiger partial charge < -0.3 is 14.7 Å². The summed E-state index contributed by atoms with van der Waals surface area (Å²) in [6, 6.07) is 36.1. The summed E-state index contributed by atoms with van der Waals surface area (Å²) in [5.74, 6) is 0.807. The lowest BCUT2D eigenvalue weighted by Crippen LogP contribution is -2.17. The fraction of sp³-hybridized carbons (Fsp3) is 0.217. The second kappa shape index (κ2) is 18.2. The fourth-order valence-electron chi connectivity index (χ4n) is 10.3. The molecule has 0 fully saturated rings.